The Bertz CT molecular complexity index is 766. The highest BCUT2D eigenvalue weighted by Crippen LogP contribution is 2.33. The summed E-state index contributed by atoms with van der Waals surface area (Å²) in [4.78, 5) is 15.4. The molecule has 9 nitrogen and oxygen atoms in total. The molecule has 7 N–H and O–H groups in total. The molecular formula is C12H15N5O4S. The van der Waals surface area contributed by atoms with Gasteiger partial charge < -0.3 is 16.2 Å². The normalized spacial score (nSPS) is 14.0. The number of fused-ring (bicyclic) bond motifs is 1. The van der Waals surface area contributed by atoms with E-state index in [1.807, 2.05) is 0 Å². The molecule has 0 atom stereocenters. The number of amides is 1. The van der Waals surface area contributed by atoms with E-state index in [9.17, 15) is 13.2 Å². The van der Waals surface area contributed by atoms with Crippen LogP contribution in [0.2, 0.25) is 0 Å². The van der Waals surface area contributed by atoms with E-state index in [-0.39, 0.29) is 30.4 Å². The fraction of sp³-hybridized carbons (Fsp3) is 0.167. The van der Waals surface area contributed by atoms with Crippen LogP contribution in [0.4, 0.5) is 5.69 Å². The molecule has 0 aliphatic carbocycles. The van der Waals surface area contributed by atoms with Crippen LogP contribution in [-0.2, 0) is 15.0 Å². The highest BCUT2D eigenvalue weighted by Gasteiger charge is 2.18. The predicted octanol–water partition coefficient (Wildman–Crippen LogP) is -0.732. The molecule has 1 aromatic carbocycles. The summed E-state index contributed by atoms with van der Waals surface area (Å²) in [6.45, 7) is 0.161. The number of carbonyl (C=O) groups excluding carboxylic acids is 1. The Morgan fingerprint density at radius 3 is 2.68 bits per heavy atom. The third-order valence-electron chi connectivity index (χ3n) is 2.75. The topological polar surface area (TPSA) is 163 Å². The van der Waals surface area contributed by atoms with Crippen molar-refractivity contribution in [2.45, 2.75) is 6.42 Å². The van der Waals surface area contributed by atoms with E-state index in [4.69, 9.17) is 21.3 Å². The number of nitrogens with one attached hydrogen (secondary N) is 1. The third kappa shape index (κ3) is 3.96. The van der Waals surface area contributed by atoms with Crippen LogP contribution >= 0.6 is 0 Å². The van der Waals surface area contributed by atoms with Gasteiger partial charge in [-0.2, -0.15) is 13.4 Å². The Hall–Kier alpha value is -2.59. The van der Waals surface area contributed by atoms with Crippen LogP contribution in [-0.4, -0.2) is 26.9 Å². The summed E-state index contributed by atoms with van der Waals surface area (Å²) in [5, 5.41) is 4.96. The van der Waals surface area contributed by atoms with Crippen LogP contribution in [0.25, 0.3) is 6.08 Å². The van der Waals surface area contributed by atoms with E-state index in [1.54, 1.807) is 18.2 Å². The van der Waals surface area contributed by atoms with E-state index in [2.05, 4.69) is 9.71 Å². The molecule has 2 rings (SSSR count). The minimum atomic E-state index is -3.94. The molecule has 1 aliphatic rings. The number of hydrogen-bond donors (Lipinski definition) is 4. The smallest absolute Gasteiger partial charge is 0.296 e. The van der Waals surface area contributed by atoms with Gasteiger partial charge in [0.15, 0.2) is 11.7 Å². The van der Waals surface area contributed by atoms with E-state index in [0.717, 1.165) is 0 Å². The summed E-state index contributed by atoms with van der Waals surface area (Å²) in [6.07, 6.45) is 1.82. The number of anilines is 1. The predicted molar refractivity (Wildman–Crippen MR) is 82.1 cm³/mol. The molecule has 1 aromatic rings. The maximum absolute atomic E-state index is 11.9. The van der Waals surface area contributed by atoms with E-state index < -0.39 is 16.1 Å². The summed E-state index contributed by atoms with van der Waals surface area (Å²) in [7, 11) is -3.94. The fourth-order valence-corrected chi connectivity index (χ4v) is 2.41. The number of rotatable bonds is 3. The fourth-order valence-electron chi connectivity index (χ4n) is 1.94. The number of hydrogen-bond acceptors (Lipinski definition) is 4. The van der Waals surface area contributed by atoms with Crippen LogP contribution in [0.3, 0.4) is 0 Å². The lowest BCUT2D eigenvalue weighted by atomic mass is 10.1. The quantitative estimate of drug-likeness (QED) is 0.422. The van der Waals surface area contributed by atoms with Gasteiger partial charge in [0.2, 0.25) is 0 Å². The minimum absolute atomic E-state index is 0.161. The summed E-state index contributed by atoms with van der Waals surface area (Å²) >= 11 is 0. The second kappa shape index (κ2) is 6.03. The lowest BCUT2D eigenvalue weighted by Crippen LogP contribution is -2.24. The van der Waals surface area contributed by atoms with Gasteiger partial charge in [-0.3, -0.25) is 9.52 Å². The maximum atomic E-state index is 11.9. The first-order valence-electron chi connectivity index (χ1n) is 6.17. The zero-order valence-electron chi connectivity index (χ0n) is 11.4. The first-order valence-corrected chi connectivity index (χ1v) is 7.72. The third-order valence-corrected chi connectivity index (χ3v) is 3.26. The van der Waals surface area contributed by atoms with Crippen molar-refractivity contribution < 1.29 is 17.9 Å². The molecule has 1 amide bonds. The summed E-state index contributed by atoms with van der Waals surface area (Å²) in [5.41, 5.74) is 11.4. The van der Waals surface area contributed by atoms with Gasteiger partial charge >= 0.3 is 0 Å². The molecule has 0 aromatic heterocycles. The number of para-hydroxylation sites is 1. The largest absolute Gasteiger partial charge is 0.490 e. The monoisotopic (exact) mass is 325 g/mol. The van der Waals surface area contributed by atoms with E-state index in [1.165, 1.54) is 6.07 Å². The second-order valence-corrected chi connectivity index (χ2v) is 5.77. The Labute approximate surface area is 127 Å². The second-order valence-electron chi connectivity index (χ2n) is 4.48. The highest BCUT2D eigenvalue weighted by atomic mass is 32.2. The number of benzene rings is 1. The molecule has 1 heterocycles. The summed E-state index contributed by atoms with van der Waals surface area (Å²) in [6, 6.07) is 4.76. The van der Waals surface area contributed by atoms with Crippen molar-refractivity contribution >= 4 is 33.8 Å². The van der Waals surface area contributed by atoms with E-state index in [0.29, 0.717) is 11.1 Å². The number of guanidine groups is 1. The first-order chi connectivity index (χ1) is 10.3. The number of aliphatic imine (C=N–C) groups is 1. The Morgan fingerprint density at radius 1 is 1.32 bits per heavy atom. The van der Waals surface area contributed by atoms with Gasteiger partial charge in [0.25, 0.3) is 16.1 Å². The van der Waals surface area contributed by atoms with Crippen LogP contribution in [0.1, 0.15) is 12.0 Å². The number of nitrogens with two attached hydrogens (primary N) is 3. The average molecular weight is 325 g/mol. The van der Waals surface area contributed by atoms with Crippen LogP contribution < -0.4 is 26.1 Å². The average Bonchev–Trinajstić information content (AvgIpc) is 2.59. The van der Waals surface area contributed by atoms with Crippen molar-refractivity contribution in [2.24, 2.45) is 21.6 Å². The zero-order valence-corrected chi connectivity index (χ0v) is 12.3. The molecule has 0 fully saturated rings. The van der Waals surface area contributed by atoms with E-state index >= 15 is 0 Å². The highest BCUT2D eigenvalue weighted by molar-refractivity contribution is 7.90. The van der Waals surface area contributed by atoms with Crippen molar-refractivity contribution in [3.63, 3.8) is 0 Å². The van der Waals surface area contributed by atoms with Crippen LogP contribution in [0, 0.1) is 0 Å². The lowest BCUT2D eigenvalue weighted by Gasteiger charge is -2.12. The van der Waals surface area contributed by atoms with Gasteiger partial charge in [-0.25, -0.2) is 5.14 Å². The summed E-state index contributed by atoms with van der Waals surface area (Å²) in [5.74, 6) is -0.619. The summed E-state index contributed by atoms with van der Waals surface area (Å²) < 4.78 is 30.0. The molecule has 0 spiro atoms. The number of nitrogens with zero attached hydrogens (tertiary/aromatic N) is 1. The molecule has 0 radical (unpaired) electrons. The lowest BCUT2D eigenvalue weighted by molar-refractivity contribution is -0.114. The Morgan fingerprint density at radius 2 is 2.05 bits per heavy atom. The van der Waals surface area contributed by atoms with Gasteiger partial charge in [0, 0.05) is 17.6 Å². The SMILES string of the molecule is NC(N)=NC(=O)C1=Cc2cccc(NS(N)(=O)=O)c2OCC1. The van der Waals surface area contributed by atoms with Gasteiger partial charge in [0.1, 0.15) is 0 Å². The van der Waals surface area contributed by atoms with Gasteiger partial charge in [-0.1, -0.05) is 12.1 Å². The maximum Gasteiger partial charge on any atom is 0.296 e. The molecule has 10 heteroatoms. The van der Waals surface area contributed by atoms with Crippen molar-refractivity contribution in [2.75, 3.05) is 11.3 Å². The molecule has 22 heavy (non-hydrogen) atoms. The molecular weight excluding hydrogens is 310 g/mol. The Kier molecular flexibility index (Phi) is 4.33. The van der Waals surface area contributed by atoms with Gasteiger partial charge in [-0.15, -0.1) is 0 Å². The minimum Gasteiger partial charge on any atom is -0.490 e. The molecule has 1 aliphatic heterocycles. The Balaban J connectivity index is 2.44. The van der Waals surface area contributed by atoms with Gasteiger partial charge in [0.05, 0.1) is 12.3 Å². The van der Waals surface area contributed by atoms with Crippen LogP contribution in [0.5, 0.6) is 5.75 Å². The van der Waals surface area contributed by atoms with Crippen molar-refractivity contribution in [3.05, 3.63) is 29.3 Å². The van der Waals surface area contributed by atoms with Gasteiger partial charge in [-0.05, 0) is 12.1 Å². The molecule has 0 bridgehead atoms. The van der Waals surface area contributed by atoms with Crippen molar-refractivity contribution in [1.29, 1.82) is 0 Å². The molecule has 118 valence electrons. The van der Waals surface area contributed by atoms with Crippen molar-refractivity contribution in [1.82, 2.24) is 0 Å². The first kappa shape index (κ1) is 15.8. The molecule has 0 unspecified atom stereocenters. The van der Waals surface area contributed by atoms with Crippen LogP contribution in [0.15, 0.2) is 28.8 Å². The number of ether oxygens (including phenoxy) is 1. The standard InChI is InChI=1S/C12H15N5O4S/c13-12(14)16-11(18)8-4-5-21-10-7(6-8)2-1-3-9(10)17-22(15,19)20/h1-3,6,17H,4-5H2,(H2,15,19,20)(H4,13,14,16,18). The van der Waals surface area contributed by atoms with Crippen molar-refractivity contribution in [3.8, 4) is 5.75 Å². The molecule has 0 saturated heterocycles. The zero-order chi connectivity index (χ0) is 16.3. The number of carbonyl (C=O) groups is 1. The molecule has 0 saturated carbocycles.